The summed E-state index contributed by atoms with van der Waals surface area (Å²) in [5.41, 5.74) is 12.0. The number of aliphatic imine (C=N–C) groups is 2. The van der Waals surface area contributed by atoms with E-state index in [0.717, 1.165) is 45.4 Å². The summed E-state index contributed by atoms with van der Waals surface area (Å²) in [5.74, 6) is 3.52. The Hall–Kier alpha value is -4.91. The van der Waals surface area contributed by atoms with E-state index in [9.17, 15) is 4.79 Å². The van der Waals surface area contributed by atoms with Gasteiger partial charge in [0.2, 0.25) is 0 Å². The molecule has 0 aliphatic carbocycles. The zero-order valence-corrected chi connectivity index (χ0v) is 29.8. The molecule has 0 unspecified atom stereocenters. The Bertz CT molecular complexity index is 1860. The molecule has 0 saturated carbocycles. The number of allylic oxidation sites excluding steroid dienone is 3. The molecule has 2 amide bonds. The van der Waals surface area contributed by atoms with Crippen molar-refractivity contribution in [3.05, 3.63) is 105 Å². The number of rotatable bonds is 7. The highest BCUT2D eigenvalue weighted by Crippen LogP contribution is 2.54. The third kappa shape index (κ3) is 5.87. The molecule has 3 heterocycles. The molecule has 0 saturated heterocycles. The highest BCUT2D eigenvalue weighted by Gasteiger charge is 2.41. The molecule has 4 aromatic rings. The van der Waals surface area contributed by atoms with Gasteiger partial charge in [0.25, 0.3) is 0 Å². The van der Waals surface area contributed by atoms with Gasteiger partial charge >= 0.3 is 6.03 Å². The van der Waals surface area contributed by atoms with Crippen LogP contribution in [0.5, 0.6) is 0 Å². The standard InChI is InChI=1S/C41H46N6O/c1-23(2)30-13-11-14-31(24(3)4)37(30)46-36(18-17-29-21-42-41(48)43-22-29)47(38-32(25(5)6)15-12-16-33(38)26(7)8)40-39(46)44-34-19-27(9)28(10)20-35(34)45-40/h11-26H,1-10H3. The summed E-state index contributed by atoms with van der Waals surface area (Å²) in [6.07, 6.45) is 7.23. The van der Waals surface area contributed by atoms with E-state index >= 15 is 0 Å². The highest BCUT2D eigenvalue weighted by atomic mass is 16.2. The van der Waals surface area contributed by atoms with E-state index in [4.69, 9.17) is 9.97 Å². The van der Waals surface area contributed by atoms with Gasteiger partial charge in [0.05, 0.1) is 22.4 Å². The van der Waals surface area contributed by atoms with E-state index < -0.39 is 6.03 Å². The number of urea groups is 1. The van der Waals surface area contributed by atoms with Crippen LogP contribution in [0.1, 0.15) is 112 Å². The molecule has 7 heteroatoms. The third-order valence-corrected chi connectivity index (χ3v) is 9.33. The topological polar surface area (TPSA) is 74.0 Å². The number of hydrogen-bond acceptors (Lipinski definition) is 5. The van der Waals surface area contributed by atoms with Crippen LogP contribution in [0.3, 0.4) is 0 Å². The van der Waals surface area contributed by atoms with Crippen LogP contribution < -0.4 is 9.80 Å². The Morgan fingerprint density at radius 3 is 1.31 bits per heavy atom. The Kier molecular flexibility index (Phi) is 8.90. The van der Waals surface area contributed by atoms with Crippen LogP contribution >= 0.6 is 0 Å². The summed E-state index contributed by atoms with van der Waals surface area (Å²) in [7, 11) is 0. The lowest BCUT2D eigenvalue weighted by atomic mass is 9.91. The number of fused-ring (bicyclic) bond motifs is 2. The number of anilines is 4. The van der Waals surface area contributed by atoms with Crippen LogP contribution in [0.15, 0.2) is 82.1 Å². The van der Waals surface area contributed by atoms with Gasteiger partial charge in [0.15, 0.2) is 11.6 Å². The van der Waals surface area contributed by atoms with Crippen molar-refractivity contribution in [2.45, 2.75) is 92.9 Å². The van der Waals surface area contributed by atoms with Crippen molar-refractivity contribution in [2.24, 2.45) is 9.98 Å². The van der Waals surface area contributed by atoms with Crippen LogP contribution in [0.25, 0.3) is 11.0 Å². The van der Waals surface area contributed by atoms with Crippen molar-refractivity contribution < 1.29 is 4.79 Å². The van der Waals surface area contributed by atoms with Gasteiger partial charge in [-0.15, -0.1) is 0 Å². The van der Waals surface area contributed by atoms with Crippen LogP contribution in [0.2, 0.25) is 0 Å². The minimum absolute atomic E-state index is 0.256. The second kappa shape index (κ2) is 12.9. The average Bonchev–Trinajstić information content (AvgIpc) is 3.35. The fraction of sp³-hybridized carbons (Fsp3) is 0.341. The molecule has 48 heavy (non-hydrogen) atoms. The number of para-hydroxylation sites is 2. The summed E-state index contributed by atoms with van der Waals surface area (Å²) in [5, 5.41) is 0. The van der Waals surface area contributed by atoms with E-state index in [1.807, 2.05) is 6.08 Å². The van der Waals surface area contributed by atoms with E-state index in [2.05, 4.69) is 144 Å². The van der Waals surface area contributed by atoms with Gasteiger partial charge in [0.1, 0.15) is 5.82 Å². The number of nitrogens with zero attached hydrogens (tertiary/aromatic N) is 6. The van der Waals surface area contributed by atoms with Gasteiger partial charge in [-0.1, -0.05) is 91.8 Å². The SMILES string of the molecule is Cc1cc2nc3c(nc2cc1C)N(c1c(C(C)C)cccc1C(C)C)C(=CC=C1C=NC(=O)N=C1)N3c1c(C(C)C)cccc1C(C)C. The highest BCUT2D eigenvalue weighted by molar-refractivity contribution is 6.13. The molecule has 246 valence electrons. The first-order valence-electron chi connectivity index (χ1n) is 17.1. The molecule has 0 atom stereocenters. The Morgan fingerprint density at radius 2 is 0.958 bits per heavy atom. The number of amides is 2. The van der Waals surface area contributed by atoms with Crippen LogP contribution in [0.4, 0.5) is 27.8 Å². The first kappa shape index (κ1) is 33.0. The van der Waals surface area contributed by atoms with Crippen LogP contribution in [-0.2, 0) is 0 Å². The maximum Gasteiger partial charge on any atom is 0.366 e. The Labute approximate surface area is 284 Å². The maximum atomic E-state index is 11.8. The van der Waals surface area contributed by atoms with Gasteiger partial charge in [0, 0.05) is 18.0 Å². The summed E-state index contributed by atoms with van der Waals surface area (Å²) in [4.78, 5) is 35.2. The number of carbonyl (C=O) groups is 1. The molecule has 0 bridgehead atoms. The lowest BCUT2D eigenvalue weighted by Crippen LogP contribution is -2.26. The lowest BCUT2D eigenvalue weighted by Gasteiger charge is -2.32. The van der Waals surface area contributed by atoms with E-state index in [1.165, 1.54) is 33.4 Å². The molecule has 3 aromatic carbocycles. The van der Waals surface area contributed by atoms with Crippen LogP contribution in [0, 0.1) is 13.8 Å². The van der Waals surface area contributed by atoms with Crippen molar-refractivity contribution >= 4 is 52.5 Å². The Morgan fingerprint density at radius 1 is 0.583 bits per heavy atom. The smallest absolute Gasteiger partial charge is 0.276 e. The van der Waals surface area contributed by atoms with Crippen molar-refractivity contribution in [2.75, 3.05) is 9.80 Å². The molecular weight excluding hydrogens is 592 g/mol. The van der Waals surface area contributed by atoms with Crippen LogP contribution in [-0.4, -0.2) is 28.4 Å². The molecule has 0 spiro atoms. The normalized spacial score (nSPS) is 14.5. The predicted octanol–water partition coefficient (Wildman–Crippen LogP) is 11.1. The fourth-order valence-corrected chi connectivity index (χ4v) is 6.62. The van der Waals surface area contributed by atoms with E-state index in [-0.39, 0.29) is 23.7 Å². The Balaban J connectivity index is 1.79. The molecule has 0 N–H and O–H groups in total. The third-order valence-electron chi connectivity index (χ3n) is 9.33. The first-order valence-corrected chi connectivity index (χ1v) is 17.1. The largest absolute Gasteiger partial charge is 0.366 e. The molecule has 0 radical (unpaired) electrons. The van der Waals surface area contributed by atoms with Gasteiger partial charge < -0.3 is 0 Å². The van der Waals surface area contributed by atoms with Gasteiger partial charge in [-0.25, -0.2) is 14.8 Å². The summed E-state index contributed by atoms with van der Waals surface area (Å²) in [6.45, 7) is 22.2. The molecule has 1 aromatic heterocycles. The zero-order valence-electron chi connectivity index (χ0n) is 29.8. The minimum Gasteiger partial charge on any atom is -0.276 e. The predicted molar refractivity (Wildman–Crippen MR) is 201 cm³/mol. The minimum atomic E-state index is -0.498. The fourth-order valence-electron chi connectivity index (χ4n) is 6.62. The maximum absolute atomic E-state index is 11.8. The van der Waals surface area contributed by atoms with E-state index in [0.29, 0.717) is 0 Å². The van der Waals surface area contributed by atoms with Crippen molar-refractivity contribution in [3.63, 3.8) is 0 Å². The lowest BCUT2D eigenvalue weighted by molar-refractivity contribution is 0.257. The number of carbonyl (C=O) groups excluding carboxylic acids is 1. The molecular formula is C41H46N6O. The molecule has 7 nitrogen and oxygen atoms in total. The van der Waals surface area contributed by atoms with Crippen molar-refractivity contribution in [3.8, 4) is 0 Å². The quantitative estimate of drug-likeness (QED) is 0.201. The summed E-state index contributed by atoms with van der Waals surface area (Å²) < 4.78 is 0. The van der Waals surface area contributed by atoms with Crippen molar-refractivity contribution in [1.29, 1.82) is 0 Å². The molecule has 2 aliphatic heterocycles. The first-order chi connectivity index (χ1) is 22.9. The molecule has 0 fully saturated rings. The molecule has 6 rings (SSSR count). The number of aromatic nitrogens is 2. The van der Waals surface area contributed by atoms with Gasteiger partial charge in [-0.3, -0.25) is 9.80 Å². The van der Waals surface area contributed by atoms with Crippen molar-refractivity contribution in [1.82, 2.24) is 9.97 Å². The zero-order chi connectivity index (χ0) is 34.4. The van der Waals surface area contributed by atoms with Gasteiger partial charge in [-0.2, -0.15) is 9.98 Å². The monoisotopic (exact) mass is 638 g/mol. The summed E-state index contributed by atoms with van der Waals surface area (Å²) >= 11 is 0. The van der Waals surface area contributed by atoms with E-state index in [1.54, 1.807) is 12.4 Å². The summed E-state index contributed by atoms with van der Waals surface area (Å²) in [6, 6.07) is 17.1. The second-order valence-corrected chi connectivity index (χ2v) is 14.1. The number of hydrogen-bond donors (Lipinski definition) is 0. The molecule has 2 aliphatic rings. The number of benzene rings is 3. The van der Waals surface area contributed by atoms with Gasteiger partial charge in [-0.05, 0) is 95.2 Å². The second-order valence-electron chi connectivity index (χ2n) is 14.1. The number of aryl methyl sites for hydroxylation is 2. The average molecular weight is 639 g/mol.